The molecule has 0 aliphatic heterocycles. The number of ether oxygens (including phenoxy) is 1. The first kappa shape index (κ1) is 20.3. The van der Waals surface area contributed by atoms with Gasteiger partial charge in [-0.1, -0.05) is 36.4 Å². The fraction of sp³-hybridized carbons (Fsp3) is 0.160. The SMILES string of the molecule is CC1=CCC(C)(S(=O)(=O)n2ccc3ccccc32)C=C1Oc1cccc(-c2ccn[nH]2)c1. The molecule has 2 aromatic carbocycles. The van der Waals surface area contributed by atoms with Crippen molar-refractivity contribution in [1.29, 1.82) is 0 Å². The molecule has 1 aliphatic carbocycles. The van der Waals surface area contributed by atoms with Gasteiger partial charge in [-0.3, -0.25) is 5.10 Å². The van der Waals surface area contributed by atoms with Crippen molar-refractivity contribution in [3.8, 4) is 17.0 Å². The maximum absolute atomic E-state index is 13.7. The third-order valence-corrected chi connectivity index (χ3v) is 8.22. The average molecular weight is 446 g/mol. The van der Waals surface area contributed by atoms with Gasteiger partial charge >= 0.3 is 0 Å². The smallest absolute Gasteiger partial charge is 0.248 e. The van der Waals surface area contributed by atoms with Gasteiger partial charge in [-0.05, 0) is 62.2 Å². The van der Waals surface area contributed by atoms with Gasteiger partial charge in [0, 0.05) is 23.3 Å². The molecule has 0 saturated carbocycles. The second-order valence-corrected chi connectivity index (χ2v) is 10.5. The maximum atomic E-state index is 13.7. The summed E-state index contributed by atoms with van der Waals surface area (Å²) in [6, 6.07) is 18.8. The van der Waals surface area contributed by atoms with Crippen LogP contribution in [-0.2, 0) is 10.0 Å². The second-order valence-electron chi connectivity index (χ2n) is 8.19. The lowest BCUT2D eigenvalue weighted by molar-refractivity contribution is 0.423. The number of aromatic amines is 1. The largest absolute Gasteiger partial charge is 0.457 e. The van der Waals surface area contributed by atoms with Crippen molar-refractivity contribution in [1.82, 2.24) is 14.2 Å². The predicted molar refractivity (Wildman–Crippen MR) is 126 cm³/mol. The number of para-hydroxylation sites is 1. The third kappa shape index (κ3) is 3.35. The molecule has 0 radical (unpaired) electrons. The standard InChI is InChI=1S/C25H23N3O3S/c1-18-10-13-25(2,32(29,30)28-15-12-19-6-3-4-9-23(19)28)17-24(18)31-21-8-5-7-20(16-21)22-11-14-26-27-22/h3-12,14-17H,13H2,1-2H3,(H,26,27). The Labute approximate surface area is 186 Å². The monoisotopic (exact) mass is 445 g/mol. The molecular formula is C25H23N3O3S. The summed E-state index contributed by atoms with van der Waals surface area (Å²) in [6.07, 6.45) is 7.35. The van der Waals surface area contributed by atoms with Gasteiger partial charge in [0.1, 0.15) is 16.3 Å². The molecule has 6 nitrogen and oxygen atoms in total. The number of fused-ring (bicyclic) bond motifs is 1. The van der Waals surface area contributed by atoms with Gasteiger partial charge in [-0.15, -0.1) is 0 Å². The molecule has 0 bridgehead atoms. The summed E-state index contributed by atoms with van der Waals surface area (Å²) >= 11 is 0. The van der Waals surface area contributed by atoms with Crippen LogP contribution in [0.1, 0.15) is 20.3 Å². The first-order valence-corrected chi connectivity index (χ1v) is 11.8. The van der Waals surface area contributed by atoms with Crippen LogP contribution in [0.3, 0.4) is 0 Å². The zero-order valence-electron chi connectivity index (χ0n) is 17.8. The number of nitrogens with one attached hydrogen (secondary N) is 1. The summed E-state index contributed by atoms with van der Waals surface area (Å²) in [5.41, 5.74) is 3.39. The summed E-state index contributed by atoms with van der Waals surface area (Å²) in [7, 11) is -3.73. The van der Waals surface area contributed by atoms with Crippen LogP contribution >= 0.6 is 0 Å². The molecule has 1 unspecified atom stereocenters. The third-order valence-electron chi connectivity index (χ3n) is 5.92. The van der Waals surface area contributed by atoms with Crippen molar-refractivity contribution < 1.29 is 13.2 Å². The lowest BCUT2D eigenvalue weighted by Gasteiger charge is -2.30. The fourth-order valence-electron chi connectivity index (χ4n) is 3.96. The van der Waals surface area contributed by atoms with Crippen LogP contribution in [0.4, 0.5) is 0 Å². The molecule has 4 aromatic rings. The number of aromatic nitrogens is 3. The van der Waals surface area contributed by atoms with Crippen LogP contribution < -0.4 is 4.74 Å². The Bertz CT molecular complexity index is 1460. The van der Waals surface area contributed by atoms with Gasteiger partial charge in [0.15, 0.2) is 0 Å². The van der Waals surface area contributed by atoms with Crippen molar-refractivity contribution in [3.05, 3.63) is 96.5 Å². The van der Waals surface area contributed by atoms with E-state index in [2.05, 4.69) is 10.2 Å². The Morgan fingerprint density at radius 2 is 1.94 bits per heavy atom. The van der Waals surface area contributed by atoms with Crippen LogP contribution in [0.15, 0.2) is 96.5 Å². The number of allylic oxidation sites excluding steroid dienone is 2. The molecule has 2 aromatic heterocycles. The van der Waals surface area contributed by atoms with Crippen LogP contribution in [0.25, 0.3) is 22.2 Å². The van der Waals surface area contributed by atoms with E-state index in [1.165, 1.54) is 3.97 Å². The number of rotatable bonds is 5. The molecule has 2 heterocycles. The summed E-state index contributed by atoms with van der Waals surface area (Å²) < 4.78 is 33.9. The zero-order valence-corrected chi connectivity index (χ0v) is 18.6. The van der Waals surface area contributed by atoms with E-state index in [-0.39, 0.29) is 0 Å². The second kappa shape index (κ2) is 7.53. The van der Waals surface area contributed by atoms with E-state index in [9.17, 15) is 8.42 Å². The zero-order chi connectivity index (χ0) is 22.3. The van der Waals surface area contributed by atoms with E-state index in [0.29, 0.717) is 23.4 Å². The first-order valence-electron chi connectivity index (χ1n) is 10.4. The maximum Gasteiger partial charge on any atom is 0.248 e. The van der Waals surface area contributed by atoms with Crippen LogP contribution in [0.5, 0.6) is 5.75 Å². The molecule has 0 saturated heterocycles. The van der Waals surface area contributed by atoms with Gasteiger partial charge in [0.2, 0.25) is 10.0 Å². The summed E-state index contributed by atoms with van der Waals surface area (Å²) in [6.45, 7) is 3.67. The van der Waals surface area contributed by atoms with E-state index < -0.39 is 14.8 Å². The number of hydrogen-bond donors (Lipinski definition) is 1. The summed E-state index contributed by atoms with van der Waals surface area (Å²) in [5.74, 6) is 1.17. The van der Waals surface area contributed by atoms with Crippen LogP contribution in [-0.4, -0.2) is 27.3 Å². The van der Waals surface area contributed by atoms with Gasteiger partial charge < -0.3 is 4.74 Å². The number of H-pyrrole nitrogens is 1. The van der Waals surface area contributed by atoms with Crippen molar-refractivity contribution in [2.45, 2.75) is 25.0 Å². The topological polar surface area (TPSA) is 77.0 Å². The minimum Gasteiger partial charge on any atom is -0.457 e. The van der Waals surface area contributed by atoms with E-state index >= 15 is 0 Å². The molecule has 7 heteroatoms. The first-order chi connectivity index (χ1) is 15.4. The Morgan fingerprint density at radius 3 is 2.75 bits per heavy atom. The quantitative estimate of drug-likeness (QED) is 0.453. The molecule has 0 fully saturated rings. The lowest BCUT2D eigenvalue weighted by atomic mass is 9.96. The van der Waals surface area contributed by atoms with Gasteiger partial charge in [0.05, 0.1) is 11.2 Å². The molecule has 0 amide bonds. The molecular weight excluding hydrogens is 422 g/mol. The molecule has 1 atom stereocenters. The van der Waals surface area contributed by atoms with E-state index in [0.717, 1.165) is 22.2 Å². The van der Waals surface area contributed by atoms with Gasteiger partial charge in [-0.2, -0.15) is 5.10 Å². The van der Waals surface area contributed by atoms with E-state index in [1.807, 2.05) is 73.7 Å². The number of nitrogens with zero attached hydrogens (tertiary/aromatic N) is 2. The Kier molecular flexibility index (Phi) is 4.78. The molecule has 32 heavy (non-hydrogen) atoms. The van der Waals surface area contributed by atoms with Crippen LogP contribution in [0, 0.1) is 0 Å². The summed E-state index contributed by atoms with van der Waals surface area (Å²) in [5, 5.41) is 7.82. The highest BCUT2D eigenvalue weighted by Gasteiger charge is 2.41. The Balaban J connectivity index is 1.51. The molecule has 1 N–H and O–H groups in total. The fourth-order valence-corrected chi connectivity index (χ4v) is 5.60. The minimum atomic E-state index is -3.73. The normalized spacial score (nSPS) is 18.9. The highest BCUT2D eigenvalue weighted by atomic mass is 32.2. The molecule has 0 spiro atoms. The molecule has 5 rings (SSSR count). The number of hydrogen-bond acceptors (Lipinski definition) is 4. The summed E-state index contributed by atoms with van der Waals surface area (Å²) in [4.78, 5) is 0. The van der Waals surface area contributed by atoms with Gasteiger partial charge in [-0.25, -0.2) is 12.4 Å². The van der Waals surface area contributed by atoms with Crippen molar-refractivity contribution in [3.63, 3.8) is 0 Å². The average Bonchev–Trinajstić information content (AvgIpc) is 3.47. The number of benzene rings is 2. The predicted octanol–water partition coefficient (Wildman–Crippen LogP) is 5.28. The highest BCUT2D eigenvalue weighted by molar-refractivity contribution is 7.91. The Hall–Kier alpha value is -3.58. The van der Waals surface area contributed by atoms with E-state index in [1.54, 1.807) is 25.4 Å². The molecule has 162 valence electrons. The van der Waals surface area contributed by atoms with Gasteiger partial charge in [0.25, 0.3) is 0 Å². The lowest BCUT2D eigenvalue weighted by Crippen LogP contribution is -2.39. The van der Waals surface area contributed by atoms with E-state index in [4.69, 9.17) is 4.74 Å². The minimum absolute atomic E-state index is 0.370. The van der Waals surface area contributed by atoms with Crippen LogP contribution in [0.2, 0.25) is 0 Å². The van der Waals surface area contributed by atoms with Crippen molar-refractivity contribution >= 4 is 20.9 Å². The highest BCUT2D eigenvalue weighted by Crippen LogP contribution is 2.36. The Morgan fingerprint density at radius 1 is 1.09 bits per heavy atom. The molecule has 1 aliphatic rings. The van der Waals surface area contributed by atoms with Crippen molar-refractivity contribution in [2.75, 3.05) is 0 Å². The van der Waals surface area contributed by atoms with Crippen molar-refractivity contribution in [2.24, 2.45) is 0 Å².